The molecule has 19 heavy (non-hydrogen) atoms. The average Bonchev–Trinajstić information content (AvgIpc) is 2.38. The van der Waals surface area contributed by atoms with Crippen molar-refractivity contribution < 1.29 is 14.3 Å². The van der Waals surface area contributed by atoms with Crippen molar-refractivity contribution in [3.63, 3.8) is 0 Å². The quantitative estimate of drug-likeness (QED) is 0.862. The summed E-state index contributed by atoms with van der Waals surface area (Å²) in [5, 5.41) is 0. The molecule has 0 fully saturated rings. The number of carbonyl (C=O) groups excluding carboxylic acids is 1. The van der Waals surface area contributed by atoms with Crippen molar-refractivity contribution in [2.75, 3.05) is 28.3 Å². The maximum absolute atomic E-state index is 11.8. The van der Waals surface area contributed by atoms with Crippen LogP contribution in [0.2, 0.25) is 0 Å². The lowest BCUT2D eigenvalue weighted by Crippen LogP contribution is -2.41. The summed E-state index contributed by atoms with van der Waals surface area (Å²) in [7, 11) is 6.60. The first-order valence-electron chi connectivity index (χ1n) is 6.09. The molecule has 0 saturated heterocycles. The van der Waals surface area contributed by atoms with Crippen LogP contribution in [0.25, 0.3) is 0 Å². The lowest BCUT2D eigenvalue weighted by Gasteiger charge is -2.19. The Balaban J connectivity index is 3.02. The van der Waals surface area contributed by atoms with E-state index in [1.807, 2.05) is 19.1 Å². The number of carbonyl (C=O) groups is 1. The molecule has 1 aromatic carbocycles. The number of nitrogens with zero attached hydrogens (tertiary/aromatic N) is 1. The molecule has 5 nitrogen and oxygen atoms in total. The minimum atomic E-state index is -0.573. The van der Waals surface area contributed by atoms with Gasteiger partial charge < -0.3 is 20.1 Å². The summed E-state index contributed by atoms with van der Waals surface area (Å²) < 4.78 is 10.6. The molecule has 0 aliphatic carbocycles. The molecule has 0 radical (unpaired) electrons. The summed E-state index contributed by atoms with van der Waals surface area (Å²) in [5.74, 6) is 1.38. The average molecular weight is 266 g/mol. The molecule has 0 bridgehead atoms. The van der Waals surface area contributed by atoms with Gasteiger partial charge in [-0.25, -0.2) is 0 Å². The fourth-order valence-corrected chi connectivity index (χ4v) is 2.05. The Morgan fingerprint density at radius 2 is 1.95 bits per heavy atom. The molecule has 0 spiro atoms. The molecule has 0 aliphatic rings. The highest BCUT2D eigenvalue weighted by Crippen LogP contribution is 2.31. The fourth-order valence-electron chi connectivity index (χ4n) is 2.05. The topological polar surface area (TPSA) is 64.8 Å². The van der Waals surface area contributed by atoms with Crippen LogP contribution in [0.4, 0.5) is 0 Å². The molecule has 1 aromatic rings. The van der Waals surface area contributed by atoms with Gasteiger partial charge in [-0.3, -0.25) is 4.79 Å². The highest BCUT2D eigenvalue weighted by Gasteiger charge is 2.19. The molecule has 106 valence electrons. The van der Waals surface area contributed by atoms with Crippen LogP contribution in [-0.4, -0.2) is 45.2 Å². The standard InChI is InChI=1S/C14H22N2O3/c1-9-12(18-4)7-6-10(13(9)19-5)8-11(15)14(17)16(2)3/h6-7,11H,8,15H2,1-5H3. The number of hydrogen-bond acceptors (Lipinski definition) is 4. The van der Waals surface area contributed by atoms with Crippen LogP contribution in [-0.2, 0) is 11.2 Å². The summed E-state index contributed by atoms with van der Waals surface area (Å²) in [4.78, 5) is 13.3. The number of likely N-dealkylation sites (N-methyl/N-ethyl adjacent to an activating group) is 1. The van der Waals surface area contributed by atoms with Gasteiger partial charge in [0, 0.05) is 26.1 Å². The maximum atomic E-state index is 11.8. The van der Waals surface area contributed by atoms with Crippen molar-refractivity contribution in [2.45, 2.75) is 19.4 Å². The minimum absolute atomic E-state index is 0.101. The van der Waals surface area contributed by atoms with Crippen LogP contribution in [0.1, 0.15) is 11.1 Å². The van der Waals surface area contributed by atoms with Gasteiger partial charge >= 0.3 is 0 Å². The van der Waals surface area contributed by atoms with E-state index in [1.54, 1.807) is 28.3 Å². The largest absolute Gasteiger partial charge is 0.496 e. The van der Waals surface area contributed by atoms with E-state index in [2.05, 4.69) is 0 Å². The Hall–Kier alpha value is -1.75. The van der Waals surface area contributed by atoms with Gasteiger partial charge in [0.05, 0.1) is 20.3 Å². The predicted octanol–water partition coefficient (Wildman–Crippen LogP) is 0.970. The van der Waals surface area contributed by atoms with Gasteiger partial charge in [-0.2, -0.15) is 0 Å². The van der Waals surface area contributed by atoms with E-state index >= 15 is 0 Å². The van der Waals surface area contributed by atoms with E-state index in [1.165, 1.54) is 4.90 Å². The van der Waals surface area contributed by atoms with Gasteiger partial charge in [-0.1, -0.05) is 6.07 Å². The predicted molar refractivity (Wildman–Crippen MR) is 74.7 cm³/mol. The normalized spacial score (nSPS) is 11.9. The first kappa shape index (κ1) is 15.3. The maximum Gasteiger partial charge on any atom is 0.239 e. The zero-order valence-corrected chi connectivity index (χ0v) is 12.2. The monoisotopic (exact) mass is 266 g/mol. The number of ether oxygens (including phenoxy) is 2. The van der Waals surface area contributed by atoms with Crippen LogP contribution >= 0.6 is 0 Å². The number of amides is 1. The Labute approximate surface area is 114 Å². The molecule has 5 heteroatoms. The van der Waals surface area contributed by atoms with E-state index < -0.39 is 6.04 Å². The Kier molecular flexibility index (Phi) is 5.18. The highest BCUT2D eigenvalue weighted by molar-refractivity contribution is 5.81. The summed E-state index contributed by atoms with van der Waals surface area (Å²) in [6.07, 6.45) is 0.436. The van der Waals surface area contributed by atoms with Gasteiger partial charge in [-0.15, -0.1) is 0 Å². The van der Waals surface area contributed by atoms with Gasteiger partial charge in [0.25, 0.3) is 0 Å². The van der Waals surface area contributed by atoms with Crippen LogP contribution in [0.3, 0.4) is 0 Å². The van der Waals surface area contributed by atoms with E-state index in [0.717, 1.165) is 22.6 Å². The molecule has 0 heterocycles. The third-order valence-electron chi connectivity index (χ3n) is 3.06. The van der Waals surface area contributed by atoms with Crippen molar-refractivity contribution in [3.05, 3.63) is 23.3 Å². The second-order valence-electron chi connectivity index (χ2n) is 4.63. The molecule has 0 saturated carbocycles. The number of nitrogens with two attached hydrogens (primary N) is 1. The van der Waals surface area contributed by atoms with Crippen molar-refractivity contribution in [1.29, 1.82) is 0 Å². The zero-order chi connectivity index (χ0) is 14.6. The summed E-state index contributed by atoms with van der Waals surface area (Å²) in [6, 6.07) is 3.17. The number of rotatable bonds is 5. The van der Waals surface area contributed by atoms with Crippen LogP contribution in [0.5, 0.6) is 11.5 Å². The van der Waals surface area contributed by atoms with Crippen molar-refractivity contribution >= 4 is 5.91 Å². The minimum Gasteiger partial charge on any atom is -0.496 e. The first-order chi connectivity index (χ1) is 8.92. The SMILES string of the molecule is COc1ccc(CC(N)C(=O)N(C)C)c(OC)c1C. The summed E-state index contributed by atoms with van der Waals surface area (Å²) in [6.45, 7) is 1.92. The lowest BCUT2D eigenvalue weighted by atomic mass is 10.0. The first-order valence-corrected chi connectivity index (χ1v) is 6.09. The molecule has 1 unspecified atom stereocenters. The fraction of sp³-hybridized carbons (Fsp3) is 0.500. The molecular formula is C14H22N2O3. The van der Waals surface area contributed by atoms with E-state index in [9.17, 15) is 4.79 Å². The molecular weight excluding hydrogens is 244 g/mol. The summed E-state index contributed by atoms with van der Waals surface area (Å²) >= 11 is 0. The molecule has 1 amide bonds. The number of methoxy groups -OCH3 is 2. The number of benzene rings is 1. The summed E-state index contributed by atoms with van der Waals surface area (Å²) in [5.41, 5.74) is 7.73. The van der Waals surface area contributed by atoms with E-state index in [4.69, 9.17) is 15.2 Å². The second-order valence-corrected chi connectivity index (χ2v) is 4.63. The van der Waals surface area contributed by atoms with Gasteiger partial charge in [0.2, 0.25) is 5.91 Å². The second kappa shape index (κ2) is 6.43. The van der Waals surface area contributed by atoms with E-state index in [-0.39, 0.29) is 5.91 Å². The van der Waals surface area contributed by atoms with Crippen LogP contribution < -0.4 is 15.2 Å². The van der Waals surface area contributed by atoms with Gasteiger partial charge in [0.15, 0.2) is 0 Å². The lowest BCUT2D eigenvalue weighted by molar-refractivity contribution is -0.130. The molecule has 1 atom stereocenters. The van der Waals surface area contributed by atoms with Crippen molar-refractivity contribution in [1.82, 2.24) is 4.90 Å². The van der Waals surface area contributed by atoms with Gasteiger partial charge in [0.1, 0.15) is 11.5 Å². The van der Waals surface area contributed by atoms with Crippen LogP contribution in [0, 0.1) is 6.92 Å². The number of hydrogen-bond donors (Lipinski definition) is 1. The Bertz CT molecular complexity index is 458. The van der Waals surface area contributed by atoms with Crippen molar-refractivity contribution in [3.8, 4) is 11.5 Å². The zero-order valence-electron chi connectivity index (χ0n) is 12.2. The Morgan fingerprint density at radius 1 is 1.32 bits per heavy atom. The van der Waals surface area contributed by atoms with E-state index in [0.29, 0.717) is 6.42 Å². The smallest absolute Gasteiger partial charge is 0.239 e. The third kappa shape index (κ3) is 3.38. The van der Waals surface area contributed by atoms with Gasteiger partial charge in [-0.05, 0) is 18.6 Å². The molecule has 1 rings (SSSR count). The molecule has 2 N–H and O–H groups in total. The van der Waals surface area contributed by atoms with Crippen LogP contribution in [0.15, 0.2) is 12.1 Å². The molecule has 0 aliphatic heterocycles. The van der Waals surface area contributed by atoms with Crippen molar-refractivity contribution in [2.24, 2.45) is 5.73 Å². The highest BCUT2D eigenvalue weighted by atomic mass is 16.5. The third-order valence-corrected chi connectivity index (χ3v) is 3.06. The molecule has 0 aromatic heterocycles. The Morgan fingerprint density at radius 3 is 2.42 bits per heavy atom.